The minimum Gasteiger partial charge on any atom is -0.326 e. The molecule has 1 aromatic carbocycles. The first-order chi connectivity index (χ1) is 14.6. The number of pyridine rings is 1. The summed E-state index contributed by atoms with van der Waals surface area (Å²) in [6.07, 6.45) is 4.11. The molecule has 0 spiro atoms. The molecule has 3 aromatic heterocycles. The van der Waals surface area contributed by atoms with Gasteiger partial charge in [-0.2, -0.15) is 10.1 Å². The molecule has 0 radical (unpaired) electrons. The number of benzene rings is 1. The van der Waals surface area contributed by atoms with Gasteiger partial charge < -0.3 is 5.32 Å². The summed E-state index contributed by atoms with van der Waals surface area (Å²) in [7, 11) is 0. The normalized spacial score (nSPS) is 10.5. The first kappa shape index (κ1) is 19.3. The minimum absolute atomic E-state index is 0.0673. The van der Waals surface area contributed by atoms with E-state index in [1.165, 1.54) is 6.33 Å². The average molecular weight is 396 g/mol. The Hall–Kier alpha value is -4.05. The van der Waals surface area contributed by atoms with Crippen LogP contribution in [0.3, 0.4) is 0 Å². The van der Waals surface area contributed by atoms with Crippen LogP contribution in [0.25, 0.3) is 5.78 Å². The lowest BCUT2D eigenvalue weighted by Crippen LogP contribution is -2.14. The Bertz CT molecular complexity index is 1270. The van der Waals surface area contributed by atoms with Gasteiger partial charge in [-0.3, -0.25) is 4.79 Å². The van der Waals surface area contributed by atoms with Crippen molar-refractivity contribution in [1.29, 1.82) is 0 Å². The molecule has 0 fully saturated rings. The monoisotopic (exact) mass is 396 g/mol. The van der Waals surface area contributed by atoms with Gasteiger partial charge in [0, 0.05) is 35.3 Å². The molecular weight excluding hydrogens is 376 g/mol. The van der Waals surface area contributed by atoms with Crippen molar-refractivity contribution in [3.8, 4) is 11.8 Å². The molecule has 0 aliphatic heterocycles. The quantitative estimate of drug-likeness (QED) is 0.536. The first-order valence-electron chi connectivity index (χ1n) is 9.59. The van der Waals surface area contributed by atoms with E-state index < -0.39 is 0 Å². The lowest BCUT2D eigenvalue weighted by Gasteiger charge is -2.10. The standard InChI is InChI=1S/C23H20N6O/c1-16-21(17(2)29-23(27-16)25-15-26-29)11-12-22(30)28-20-8-5-6-18(14-20)9-10-19-7-3-4-13-24-19/h3-8,13-15H,11-12H2,1-2H3,(H,28,30). The van der Waals surface area contributed by atoms with Gasteiger partial charge in [0.25, 0.3) is 5.78 Å². The van der Waals surface area contributed by atoms with Crippen LogP contribution in [0, 0.1) is 25.7 Å². The van der Waals surface area contributed by atoms with Crippen molar-refractivity contribution in [2.75, 3.05) is 5.32 Å². The zero-order valence-corrected chi connectivity index (χ0v) is 16.8. The maximum atomic E-state index is 12.5. The van der Waals surface area contributed by atoms with E-state index in [2.05, 4.69) is 37.2 Å². The Labute approximate surface area is 174 Å². The van der Waals surface area contributed by atoms with E-state index in [0.717, 1.165) is 22.5 Å². The summed E-state index contributed by atoms with van der Waals surface area (Å²) in [6.45, 7) is 3.89. The highest BCUT2D eigenvalue weighted by atomic mass is 16.1. The van der Waals surface area contributed by atoms with Crippen LogP contribution in [0.2, 0.25) is 0 Å². The van der Waals surface area contributed by atoms with Crippen molar-refractivity contribution in [3.63, 3.8) is 0 Å². The van der Waals surface area contributed by atoms with Crippen LogP contribution in [0.1, 0.15) is 34.6 Å². The van der Waals surface area contributed by atoms with Crippen LogP contribution in [0.15, 0.2) is 55.0 Å². The van der Waals surface area contributed by atoms with Crippen molar-refractivity contribution in [2.45, 2.75) is 26.7 Å². The average Bonchev–Trinajstić information content (AvgIpc) is 3.22. The van der Waals surface area contributed by atoms with Crippen LogP contribution in [-0.4, -0.2) is 30.5 Å². The van der Waals surface area contributed by atoms with E-state index in [-0.39, 0.29) is 5.91 Å². The zero-order valence-electron chi connectivity index (χ0n) is 16.8. The predicted octanol–water partition coefficient (Wildman–Crippen LogP) is 3.11. The van der Waals surface area contributed by atoms with Gasteiger partial charge in [0.1, 0.15) is 12.0 Å². The molecule has 0 saturated carbocycles. The number of aromatic nitrogens is 5. The Morgan fingerprint density at radius 3 is 2.83 bits per heavy atom. The van der Waals surface area contributed by atoms with Gasteiger partial charge in [0.15, 0.2) is 0 Å². The van der Waals surface area contributed by atoms with Crippen molar-refractivity contribution in [1.82, 2.24) is 24.6 Å². The van der Waals surface area contributed by atoms with Gasteiger partial charge in [0.05, 0.1) is 0 Å². The van der Waals surface area contributed by atoms with Crippen molar-refractivity contribution >= 4 is 17.4 Å². The van der Waals surface area contributed by atoms with Gasteiger partial charge in [0.2, 0.25) is 5.91 Å². The second kappa shape index (κ2) is 8.53. The van der Waals surface area contributed by atoms with Gasteiger partial charge in [-0.1, -0.05) is 18.1 Å². The molecule has 0 aliphatic rings. The first-order valence-corrected chi connectivity index (χ1v) is 9.59. The van der Waals surface area contributed by atoms with E-state index in [1.807, 2.05) is 56.3 Å². The van der Waals surface area contributed by atoms with Gasteiger partial charge >= 0.3 is 0 Å². The molecule has 148 valence electrons. The number of fused-ring (bicyclic) bond motifs is 1. The molecule has 7 heteroatoms. The third-order valence-corrected chi connectivity index (χ3v) is 4.74. The summed E-state index contributed by atoms with van der Waals surface area (Å²) in [5.41, 5.74) is 5.06. The molecule has 1 amide bonds. The molecule has 30 heavy (non-hydrogen) atoms. The van der Waals surface area contributed by atoms with Crippen molar-refractivity contribution in [2.24, 2.45) is 0 Å². The molecule has 4 rings (SSSR count). The number of anilines is 1. The number of nitrogens with zero attached hydrogens (tertiary/aromatic N) is 5. The highest BCUT2D eigenvalue weighted by Crippen LogP contribution is 2.16. The second-order valence-corrected chi connectivity index (χ2v) is 6.83. The molecule has 0 aliphatic carbocycles. The summed E-state index contributed by atoms with van der Waals surface area (Å²) in [4.78, 5) is 25.3. The van der Waals surface area contributed by atoms with E-state index in [9.17, 15) is 4.79 Å². The Balaban J connectivity index is 1.42. The number of carbonyl (C=O) groups excluding carboxylic acids is 1. The molecular formula is C23H20N6O. The zero-order chi connectivity index (χ0) is 20.9. The summed E-state index contributed by atoms with van der Waals surface area (Å²) in [5.74, 6) is 6.60. The Kier molecular flexibility index (Phi) is 5.48. The lowest BCUT2D eigenvalue weighted by atomic mass is 10.1. The summed E-state index contributed by atoms with van der Waals surface area (Å²) in [5, 5.41) is 7.13. The topological polar surface area (TPSA) is 85.1 Å². The van der Waals surface area contributed by atoms with Crippen LogP contribution < -0.4 is 5.32 Å². The van der Waals surface area contributed by atoms with Gasteiger partial charge in [-0.05, 0) is 62.1 Å². The third-order valence-electron chi connectivity index (χ3n) is 4.74. The summed E-state index contributed by atoms with van der Waals surface area (Å²) < 4.78 is 1.70. The Morgan fingerprint density at radius 1 is 1.10 bits per heavy atom. The number of nitrogens with one attached hydrogen (secondary N) is 1. The molecule has 4 aromatic rings. The van der Waals surface area contributed by atoms with E-state index >= 15 is 0 Å². The molecule has 0 atom stereocenters. The highest BCUT2D eigenvalue weighted by molar-refractivity contribution is 5.91. The maximum absolute atomic E-state index is 12.5. The van der Waals surface area contributed by atoms with Crippen LogP contribution in [0.4, 0.5) is 5.69 Å². The SMILES string of the molecule is Cc1nc2ncnn2c(C)c1CCC(=O)Nc1cccc(C#Cc2ccccn2)c1. The van der Waals surface area contributed by atoms with Crippen molar-refractivity contribution < 1.29 is 4.79 Å². The van der Waals surface area contributed by atoms with Crippen LogP contribution in [-0.2, 0) is 11.2 Å². The largest absolute Gasteiger partial charge is 0.326 e. The van der Waals surface area contributed by atoms with E-state index in [4.69, 9.17) is 0 Å². The number of hydrogen-bond acceptors (Lipinski definition) is 5. The third kappa shape index (κ3) is 4.33. The van der Waals surface area contributed by atoms with E-state index in [1.54, 1.807) is 10.7 Å². The highest BCUT2D eigenvalue weighted by Gasteiger charge is 2.12. The second-order valence-electron chi connectivity index (χ2n) is 6.83. The molecule has 0 unspecified atom stereocenters. The fraction of sp³-hybridized carbons (Fsp3) is 0.174. The lowest BCUT2D eigenvalue weighted by molar-refractivity contribution is -0.116. The van der Waals surface area contributed by atoms with Crippen LogP contribution >= 0.6 is 0 Å². The maximum Gasteiger partial charge on any atom is 0.252 e. The number of amides is 1. The Morgan fingerprint density at radius 2 is 2.00 bits per heavy atom. The molecule has 0 bridgehead atoms. The molecule has 3 heterocycles. The molecule has 1 N–H and O–H groups in total. The molecule has 0 saturated heterocycles. The van der Waals surface area contributed by atoms with E-state index in [0.29, 0.717) is 30.0 Å². The van der Waals surface area contributed by atoms with Crippen molar-refractivity contribution in [3.05, 3.63) is 83.2 Å². The number of hydrogen-bond donors (Lipinski definition) is 1. The minimum atomic E-state index is -0.0673. The number of carbonyl (C=O) groups is 1. The fourth-order valence-electron chi connectivity index (χ4n) is 3.23. The molecule has 7 nitrogen and oxygen atoms in total. The fourth-order valence-corrected chi connectivity index (χ4v) is 3.23. The summed E-state index contributed by atoms with van der Waals surface area (Å²) >= 11 is 0. The van der Waals surface area contributed by atoms with Crippen LogP contribution in [0.5, 0.6) is 0 Å². The predicted molar refractivity (Wildman–Crippen MR) is 114 cm³/mol. The number of rotatable bonds is 4. The summed E-state index contributed by atoms with van der Waals surface area (Å²) in [6, 6.07) is 13.1. The smallest absolute Gasteiger partial charge is 0.252 e. The van der Waals surface area contributed by atoms with Gasteiger partial charge in [-0.25, -0.2) is 14.5 Å². The van der Waals surface area contributed by atoms with Gasteiger partial charge in [-0.15, -0.1) is 0 Å². The number of aryl methyl sites for hydroxylation is 2.